The van der Waals surface area contributed by atoms with E-state index in [4.69, 9.17) is 4.74 Å². The van der Waals surface area contributed by atoms with Crippen molar-refractivity contribution in [1.29, 1.82) is 0 Å². The number of nitro groups is 1. The SMILES string of the molecule is COC(=O)C1=C(C)N=c2s/c(=C/c3cc([N+](=O)[O-])ccc3[O-])c(=O)n2[C@@H]1c1ccccc1. The average Bonchev–Trinajstić information content (AvgIpc) is 3.08. The first-order valence-corrected chi connectivity index (χ1v) is 10.2. The van der Waals surface area contributed by atoms with Gasteiger partial charge in [0, 0.05) is 12.1 Å². The van der Waals surface area contributed by atoms with Crippen molar-refractivity contribution in [2.24, 2.45) is 4.99 Å². The van der Waals surface area contributed by atoms with Crippen LogP contribution in [0.2, 0.25) is 0 Å². The predicted molar refractivity (Wildman–Crippen MR) is 115 cm³/mol. The molecule has 0 aliphatic carbocycles. The standard InChI is InChI=1S/C22H17N3O6S/c1-12-18(21(28)31-2)19(13-6-4-3-5-7-13)24-20(27)17(32-22(24)23-12)11-14-10-15(25(29)30)8-9-16(14)26/h3-11,19,26H,1-2H3/p-1/b17-11+/t19-/m1/s1. The molecule has 0 amide bonds. The third-order valence-corrected chi connectivity index (χ3v) is 6.02. The molecule has 0 spiro atoms. The van der Waals surface area contributed by atoms with E-state index in [1.807, 2.05) is 6.07 Å². The molecule has 0 fully saturated rings. The summed E-state index contributed by atoms with van der Waals surface area (Å²) >= 11 is 1.04. The summed E-state index contributed by atoms with van der Waals surface area (Å²) in [6.45, 7) is 1.66. The fraction of sp³-hybridized carbons (Fsp3) is 0.136. The Labute approximate surface area is 185 Å². The number of nitro benzene ring substituents is 1. The van der Waals surface area contributed by atoms with E-state index in [1.165, 1.54) is 17.8 Å². The highest BCUT2D eigenvalue weighted by molar-refractivity contribution is 7.07. The number of rotatable bonds is 4. The van der Waals surface area contributed by atoms with Crippen molar-refractivity contribution >= 4 is 29.1 Å². The van der Waals surface area contributed by atoms with Gasteiger partial charge in [-0.1, -0.05) is 47.7 Å². The second kappa shape index (κ2) is 8.23. The van der Waals surface area contributed by atoms with Crippen LogP contribution < -0.4 is 20.0 Å². The summed E-state index contributed by atoms with van der Waals surface area (Å²) in [6, 6.07) is 11.6. The normalized spacial score (nSPS) is 15.8. The molecule has 1 aromatic heterocycles. The second-order valence-electron chi connectivity index (χ2n) is 6.96. The molecular weight excluding hydrogens is 434 g/mol. The molecule has 1 aliphatic heterocycles. The maximum Gasteiger partial charge on any atom is 0.338 e. The summed E-state index contributed by atoms with van der Waals surface area (Å²) in [4.78, 5) is 41.1. The molecule has 2 heterocycles. The van der Waals surface area contributed by atoms with E-state index in [-0.39, 0.29) is 21.4 Å². The predicted octanol–water partition coefficient (Wildman–Crippen LogP) is 1.39. The summed E-state index contributed by atoms with van der Waals surface area (Å²) in [5, 5.41) is 23.3. The first-order chi connectivity index (χ1) is 15.3. The molecule has 10 heteroatoms. The summed E-state index contributed by atoms with van der Waals surface area (Å²) in [5.41, 5.74) is 0.632. The Balaban J connectivity index is 1.98. The molecule has 1 aliphatic rings. The number of allylic oxidation sites excluding steroid dienone is 1. The monoisotopic (exact) mass is 450 g/mol. The lowest BCUT2D eigenvalue weighted by Crippen LogP contribution is -2.39. The highest BCUT2D eigenvalue weighted by Gasteiger charge is 2.32. The first-order valence-electron chi connectivity index (χ1n) is 9.43. The average molecular weight is 450 g/mol. The molecule has 32 heavy (non-hydrogen) atoms. The number of nitrogens with zero attached hydrogens (tertiary/aromatic N) is 3. The number of esters is 1. The van der Waals surface area contributed by atoms with Crippen LogP contribution in [-0.2, 0) is 9.53 Å². The number of fused-ring (bicyclic) bond motifs is 1. The zero-order chi connectivity index (χ0) is 23.0. The quantitative estimate of drug-likeness (QED) is 0.336. The summed E-state index contributed by atoms with van der Waals surface area (Å²) in [6.07, 6.45) is 1.32. The van der Waals surface area contributed by atoms with Crippen LogP contribution in [0.15, 0.2) is 69.6 Å². The number of benzene rings is 2. The van der Waals surface area contributed by atoms with Gasteiger partial charge in [0.15, 0.2) is 4.80 Å². The number of carbonyl (C=O) groups excluding carboxylic acids is 1. The molecule has 4 rings (SSSR count). The van der Waals surface area contributed by atoms with Crippen LogP contribution >= 0.6 is 11.3 Å². The molecule has 0 unspecified atom stereocenters. The lowest BCUT2D eigenvalue weighted by molar-refractivity contribution is -0.385. The molecule has 0 N–H and O–H groups in total. The first kappa shape index (κ1) is 21.2. The van der Waals surface area contributed by atoms with Gasteiger partial charge in [-0.2, -0.15) is 0 Å². The van der Waals surface area contributed by atoms with E-state index in [0.29, 0.717) is 16.1 Å². The molecule has 162 valence electrons. The van der Waals surface area contributed by atoms with Gasteiger partial charge >= 0.3 is 5.97 Å². The third kappa shape index (κ3) is 3.60. The van der Waals surface area contributed by atoms with Crippen molar-refractivity contribution in [1.82, 2.24) is 4.57 Å². The summed E-state index contributed by atoms with van der Waals surface area (Å²) < 4.78 is 6.49. The van der Waals surface area contributed by atoms with Crippen LogP contribution in [0.5, 0.6) is 5.75 Å². The van der Waals surface area contributed by atoms with E-state index in [1.54, 1.807) is 31.2 Å². The molecule has 0 bridgehead atoms. The molecule has 2 aromatic carbocycles. The Kier molecular flexibility index (Phi) is 5.45. The molecule has 0 saturated carbocycles. The number of ether oxygens (including phenoxy) is 1. The molecule has 3 aromatic rings. The Morgan fingerprint density at radius 2 is 1.97 bits per heavy atom. The van der Waals surface area contributed by atoms with Crippen LogP contribution in [0.3, 0.4) is 0 Å². The lowest BCUT2D eigenvalue weighted by atomic mass is 9.96. The van der Waals surface area contributed by atoms with Crippen molar-refractivity contribution in [3.8, 4) is 5.75 Å². The molecule has 1 atom stereocenters. The van der Waals surface area contributed by atoms with Crippen LogP contribution in [0.1, 0.15) is 24.1 Å². The number of thiazole rings is 1. The van der Waals surface area contributed by atoms with E-state index in [0.717, 1.165) is 29.5 Å². The van der Waals surface area contributed by atoms with Gasteiger partial charge in [0.05, 0.1) is 33.9 Å². The third-order valence-electron chi connectivity index (χ3n) is 5.03. The lowest BCUT2D eigenvalue weighted by Gasteiger charge is -2.24. The molecular formula is C22H16N3O6S-. The van der Waals surface area contributed by atoms with Gasteiger partial charge in [0.25, 0.3) is 11.2 Å². The highest BCUT2D eigenvalue weighted by atomic mass is 32.1. The van der Waals surface area contributed by atoms with Crippen LogP contribution in [0, 0.1) is 10.1 Å². The van der Waals surface area contributed by atoms with Crippen molar-refractivity contribution in [3.63, 3.8) is 0 Å². The number of carbonyl (C=O) groups is 1. The Bertz CT molecular complexity index is 1450. The van der Waals surface area contributed by atoms with Gasteiger partial charge in [-0.3, -0.25) is 19.5 Å². The minimum absolute atomic E-state index is 0.0182. The highest BCUT2D eigenvalue weighted by Crippen LogP contribution is 2.30. The molecule has 9 nitrogen and oxygen atoms in total. The summed E-state index contributed by atoms with van der Waals surface area (Å²) in [5.74, 6) is -1.05. The minimum atomic E-state index is -0.765. The summed E-state index contributed by atoms with van der Waals surface area (Å²) in [7, 11) is 1.26. The maximum atomic E-state index is 13.4. The number of methoxy groups -OCH3 is 1. The van der Waals surface area contributed by atoms with Gasteiger partial charge in [-0.25, -0.2) is 9.79 Å². The Hall–Kier alpha value is -4.05. The fourth-order valence-corrected chi connectivity index (χ4v) is 4.58. The number of hydrogen-bond acceptors (Lipinski definition) is 8. The van der Waals surface area contributed by atoms with Gasteiger partial charge in [0.1, 0.15) is 0 Å². The molecule has 0 saturated heterocycles. The minimum Gasteiger partial charge on any atom is -0.872 e. The van der Waals surface area contributed by atoms with Crippen molar-refractivity contribution in [2.75, 3.05) is 7.11 Å². The number of aromatic nitrogens is 1. The van der Waals surface area contributed by atoms with E-state index in [2.05, 4.69) is 4.99 Å². The van der Waals surface area contributed by atoms with Gasteiger partial charge in [0.2, 0.25) is 0 Å². The number of non-ortho nitro benzene ring substituents is 1. The maximum absolute atomic E-state index is 13.4. The number of hydrogen-bond donors (Lipinski definition) is 0. The van der Waals surface area contributed by atoms with Gasteiger partial charge in [-0.15, -0.1) is 5.75 Å². The van der Waals surface area contributed by atoms with E-state index in [9.17, 15) is 24.8 Å². The van der Waals surface area contributed by atoms with Crippen LogP contribution in [0.25, 0.3) is 6.08 Å². The smallest absolute Gasteiger partial charge is 0.338 e. The van der Waals surface area contributed by atoms with E-state index < -0.39 is 28.2 Å². The molecule has 0 radical (unpaired) electrons. The zero-order valence-corrected chi connectivity index (χ0v) is 17.8. The van der Waals surface area contributed by atoms with Crippen molar-refractivity contribution in [3.05, 3.63) is 101 Å². The van der Waals surface area contributed by atoms with Crippen molar-refractivity contribution in [2.45, 2.75) is 13.0 Å². The Morgan fingerprint density at radius 1 is 1.25 bits per heavy atom. The van der Waals surface area contributed by atoms with Crippen LogP contribution in [-0.4, -0.2) is 22.6 Å². The largest absolute Gasteiger partial charge is 0.872 e. The van der Waals surface area contributed by atoms with Crippen LogP contribution in [0.4, 0.5) is 5.69 Å². The second-order valence-corrected chi connectivity index (χ2v) is 7.97. The Morgan fingerprint density at radius 3 is 2.62 bits per heavy atom. The van der Waals surface area contributed by atoms with Gasteiger partial charge < -0.3 is 9.84 Å². The van der Waals surface area contributed by atoms with Gasteiger partial charge in [-0.05, 0) is 24.1 Å². The van der Waals surface area contributed by atoms with E-state index >= 15 is 0 Å². The zero-order valence-electron chi connectivity index (χ0n) is 17.0. The van der Waals surface area contributed by atoms with Crippen molar-refractivity contribution < 1.29 is 19.6 Å². The fourth-order valence-electron chi connectivity index (χ4n) is 3.55. The topological polar surface area (TPSA) is 127 Å².